The molecule has 0 radical (unpaired) electrons. The van der Waals surface area contributed by atoms with E-state index >= 15 is 0 Å². The minimum atomic E-state index is -0.880. The Bertz CT molecular complexity index is 303. The van der Waals surface area contributed by atoms with Gasteiger partial charge in [0.1, 0.15) is 0 Å². The quantitative estimate of drug-likeness (QED) is 0.732. The Morgan fingerprint density at radius 2 is 2.00 bits per heavy atom. The lowest BCUT2D eigenvalue weighted by Gasteiger charge is -2.26. The summed E-state index contributed by atoms with van der Waals surface area (Å²) in [5, 5.41) is 11.7. The summed E-state index contributed by atoms with van der Waals surface area (Å²) < 4.78 is 0. The van der Waals surface area contributed by atoms with Crippen LogP contribution in [0.3, 0.4) is 0 Å². The van der Waals surface area contributed by atoms with Gasteiger partial charge in [-0.05, 0) is 33.1 Å². The number of hydrogen-bond donors (Lipinski definition) is 2. The molecule has 1 aliphatic carbocycles. The largest absolute Gasteiger partial charge is 0.481 e. The lowest BCUT2D eigenvalue weighted by molar-refractivity contribution is -0.141. The van der Waals surface area contributed by atoms with E-state index in [9.17, 15) is 9.59 Å². The lowest BCUT2D eigenvalue weighted by atomic mass is 10.0. The highest BCUT2D eigenvalue weighted by Gasteiger charge is 2.33. The topological polar surface area (TPSA) is 69.6 Å². The molecule has 1 rings (SSSR count). The highest BCUT2D eigenvalue weighted by Crippen LogP contribution is 2.27. The van der Waals surface area contributed by atoms with Gasteiger partial charge in [0.25, 0.3) is 0 Å². The maximum Gasteiger partial charge on any atom is 0.317 e. The van der Waals surface area contributed by atoms with E-state index in [1.165, 1.54) is 0 Å². The first kappa shape index (κ1) is 14.8. The van der Waals surface area contributed by atoms with Gasteiger partial charge in [0, 0.05) is 18.6 Å². The number of amides is 2. The first-order valence-electron chi connectivity index (χ1n) is 6.77. The summed E-state index contributed by atoms with van der Waals surface area (Å²) in [6, 6.07) is -0.103. The second kappa shape index (κ2) is 6.61. The molecule has 2 atom stereocenters. The Balaban J connectivity index is 2.47. The summed E-state index contributed by atoms with van der Waals surface area (Å²) in [5.74, 6) is -1.45. The molecular weight excluding hydrogens is 232 g/mol. The van der Waals surface area contributed by atoms with Crippen molar-refractivity contribution >= 4 is 12.0 Å². The molecular formula is C13H24N2O3. The average molecular weight is 256 g/mol. The van der Waals surface area contributed by atoms with Crippen molar-refractivity contribution < 1.29 is 14.7 Å². The highest BCUT2D eigenvalue weighted by molar-refractivity contribution is 5.77. The molecule has 1 saturated carbocycles. The third kappa shape index (κ3) is 4.20. The summed E-state index contributed by atoms with van der Waals surface area (Å²) in [7, 11) is 0. The molecule has 1 aliphatic rings. The molecule has 5 nitrogen and oxygen atoms in total. The Labute approximate surface area is 109 Å². The summed E-state index contributed by atoms with van der Waals surface area (Å²) in [5.41, 5.74) is 0. The number of aliphatic carboxylic acids is 1. The normalized spacial score (nSPS) is 17.9. The molecule has 1 fully saturated rings. The monoisotopic (exact) mass is 256 g/mol. The van der Waals surface area contributed by atoms with Gasteiger partial charge >= 0.3 is 12.0 Å². The van der Waals surface area contributed by atoms with Crippen LogP contribution in [0.15, 0.2) is 0 Å². The van der Waals surface area contributed by atoms with Gasteiger partial charge in [-0.15, -0.1) is 0 Å². The molecule has 0 heterocycles. The minimum Gasteiger partial charge on any atom is -0.481 e. The van der Waals surface area contributed by atoms with E-state index in [-0.39, 0.29) is 12.1 Å². The van der Waals surface area contributed by atoms with Crippen molar-refractivity contribution in [2.24, 2.45) is 5.92 Å². The Morgan fingerprint density at radius 1 is 1.39 bits per heavy atom. The summed E-state index contributed by atoms with van der Waals surface area (Å²) in [6.45, 7) is 6.21. The molecule has 0 aliphatic heterocycles. The molecule has 2 amide bonds. The molecule has 0 aromatic heterocycles. The number of nitrogens with zero attached hydrogens (tertiary/aromatic N) is 1. The van der Waals surface area contributed by atoms with Crippen molar-refractivity contribution in [3.05, 3.63) is 0 Å². The Hall–Kier alpha value is -1.26. The van der Waals surface area contributed by atoms with E-state index in [0.29, 0.717) is 6.04 Å². The van der Waals surface area contributed by atoms with Crippen LogP contribution in [-0.4, -0.2) is 40.6 Å². The van der Waals surface area contributed by atoms with Gasteiger partial charge in [0.2, 0.25) is 0 Å². The predicted octanol–water partition coefficient (Wildman–Crippen LogP) is 2.07. The predicted molar refractivity (Wildman–Crippen MR) is 69.4 cm³/mol. The summed E-state index contributed by atoms with van der Waals surface area (Å²) >= 11 is 0. The van der Waals surface area contributed by atoms with Crippen LogP contribution in [0.25, 0.3) is 0 Å². The van der Waals surface area contributed by atoms with E-state index in [0.717, 1.165) is 32.2 Å². The van der Waals surface area contributed by atoms with Crippen LogP contribution >= 0.6 is 0 Å². The Kier molecular flexibility index (Phi) is 5.44. The molecule has 0 aromatic rings. The van der Waals surface area contributed by atoms with Crippen LogP contribution in [0, 0.1) is 5.92 Å². The van der Waals surface area contributed by atoms with Crippen LogP contribution in [0.5, 0.6) is 0 Å². The molecule has 5 heteroatoms. The first-order valence-corrected chi connectivity index (χ1v) is 6.77. The van der Waals surface area contributed by atoms with E-state index in [1.54, 1.807) is 13.8 Å². The molecule has 0 aromatic carbocycles. The number of unbranched alkanes of at least 4 members (excludes halogenated alkanes) is 1. The zero-order chi connectivity index (χ0) is 13.7. The SMILES string of the molecule is CCCCN(C(=O)NC(C)C(C)C(=O)O)C1CC1. The van der Waals surface area contributed by atoms with Gasteiger partial charge in [-0.25, -0.2) is 4.79 Å². The number of urea groups is 1. The third-order valence-electron chi connectivity index (χ3n) is 3.49. The summed E-state index contributed by atoms with van der Waals surface area (Å²) in [4.78, 5) is 24.8. The summed E-state index contributed by atoms with van der Waals surface area (Å²) in [6.07, 6.45) is 4.18. The van der Waals surface area contributed by atoms with Crippen LogP contribution in [0.2, 0.25) is 0 Å². The number of nitrogens with one attached hydrogen (secondary N) is 1. The van der Waals surface area contributed by atoms with Crippen LogP contribution in [0.4, 0.5) is 4.79 Å². The van der Waals surface area contributed by atoms with E-state index < -0.39 is 11.9 Å². The van der Waals surface area contributed by atoms with Gasteiger partial charge in [-0.3, -0.25) is 4.79 Å². The number of hydrogen-bond acceptors (Lipinski definition) is 2. The fourth-order valence-corrected chi connectivity index (χ4v) is 1.78. The molecule has 2 N–H and O–H groups in total. The van der Waals surface area contributed by atoms with Gasteiger partial charge in [0.05, 0.1) is 5.92 Å². The van der Waals surface area contributed by atoms with Crippen molar-refractivity contribution in [3.8, 4) is 0 Å². The maximum atomic E-state index is 12.1. The minimum absolute atomic E-state index is 0.119. The lowest BCUT2D eigenvalue weighted by Crippen LogP contribution is -2.48. The van der Waals surface area contributed by atoms with E-state index in [2.05, 4.69) is 12.2 Å². The average Bonchev–Trinajstić information content (AvgIpc) is 3.12. The van der Waals surface area contributed by atoms with Gasteiger partial charge < -0.3 is 15.3 Å². The second-order valence-electron chi connectivity index (χ2n) is 5.14. The van der Waals surface area contributed by atoms with Crippen molar-refractivity contribution in [2.75, 3.05) is 6.54 Å². The van der Waals surface area contributed by atoms with Crippen LogP contribution in [0.1, 0.15) is 46.5 Å². The zero-order valence-corrected chi connectivity index (χ0v) is 11.5. The third-order valence-corrected chi connectivity index (χ3v) is 3.49. The van der Waals surface area contributed by atoms with Gasteiger partial charge in [-0.2, -0.15) is 0 Å². The van der Waals surface area contributed by atoms with Crippen molar-refractivity contribution in [1.82, 2.24) is 10.2 Å². The molecule has 0 bridgehead atoms. The smallest absolute Gasteiger partial charge is 0.317 e. The maximum absolute atomic E-state index is 12.1. The van der Waals surface area contributed by atoms with Gasteiger partial charge in [0.15, 0.2) is 0 Å². The molecule has 0 saturated heterocycles. The first-order chi connectivity index (χ1) is 8.47. The number of carboxylic acid groups (broad SMARTS) is 1. The second-order valence-corrected chi connectivity index (χ2v) is 5.14. The highest BCUT2D eigenvalue weighted by atomic mass is 16.4. The van der Waals surface area contributed by atoms with E-state index in [1.807, 2.05) is 4.90 Å². The van der Waals surface area contributed by atoms with Crippen molar-refractivity contribution in [1.29, 1.82) is 0 Å². The molecule has 18 heavy (non-hydrogen) atoms. The van der Waals surface area contributed by atoms with E-state index in [4.69, 9.17) is 5.11 Å². The Morgan fingerprint density at radius 3 is 2.44 bits per heavy atom. The van der Waals surface area contributed by atoms with Crippen LogP contribution in [-0.2, 0) is 4.79 Å². The van der Waals surface area contributed by atoms with Gasteiger partial charge in [-0.1, -0.05) is 13.3 Å². The standard InChI is InChI=1S/C13H24N2O3/c1-4-5-8-15(11-6-7-11)13(18)14-10(3)9(2)12(16)17/h9-11H,4-8H2,1-3H3,(H,14,18)(H,16,17). The van der Waals surface area contributed by atoms with Crippen molar-refractivity contribution in [3.63, 3.8) is 0 Å². The number of rotatable bonds is 7. The number of carbonyl (C=O) groups excluding carboxylic acids is 1. The fraction of sp³-hybridized carbons (Fsp3) is 0.846. The zero-order valence-electron chi connectivity index (χ0n) is 11.5. The number of carboxylic acids is 1. The fourth-order valence-electron chi connectivity index (χ4n) is 1.78. The molecule has 104 valence electrons. The van der Waals surface area contributed by atoms with Crippen molar-refractivity contribution in [2.45, 2.75) is 58.5 Å². The number of carbonyl (C=O) groups is 2. The molecule has 2 unspecified atom stereocenters. The molecule has 0 spiro atoms. The van der Waals surface area contributed by atoms with Crippen LogP contribution < -0.4 is 5.32 Å².